The van der Waals surface area contributed by atoms with Crippen LogP contribution >= 0.6 is 0 Å². The number of rotatable bonds is 8. The molecule has 3 N–H and O–H groups in total. The molecular weight excluding hydrogens is 468 g/mol. The van der Waals surface area contributed by atoms with E-state index in [4.69, 9.17) is 10.5 Å². The van der Waals surface area contributed by atoms with E-state index in [1.165, 1.54) is 15.7 Å². The molecular formula is C25H32N4O5S. The van der Waals surface area contributed by atoms with Crippen molar-refractivity contribution in [1.29, 1.82) is 0 Å². The summed E-state index contributed by atoms with van der Waals surface area (Å²) in [6.45, 7) is 1.22. The molecule has 9 nitrogen and oxygen atoms in total. The Morgan fingerprint density at radius 3 is 2.37 bits per heavy atom. The van der Waals surface area contributed by atoms with Gasteiger partial charge in [0.05, 0.1) is 12.7 Å². The largest absolute Gasteiger partial charge is 0.496 e. The Balaban J connectivity index is 1.52. The summed E-state index contributed by atoms with van der Waals surface area (Å²) in [5.41, 5.74) is 6.52. The first-order valence-electron chi connectivity index (χ1n) is 11.8. The topological polar surface area (TPSA) is 122 Å². The van der Waals surface area contributed by atoms with Crippen molar-refractivity contribution in [2.75, 3.05) is 33.3 Å². The Kier molecular flexibility index (Phi) is 7.44. The lowest BCUT2D eigenvalue weighted by Crippen LogP contribution is -2.55. The van der Waals surface area contributed by atoms with Crippen molar-refractivity contribution in [3.05, 3.63) is 65.7 Å². The van der Waals surface area contributed by atoms with Gasteiger partial charge in [-0.3, -0.25) is 9.59 Å². The molecule has 0 aliphatic carbocycles. The number of nitrogens with zero attached hydrogens (tertiary/aromatic N) is 2. The SMILES string of the molecule is COc1ccccc1C(=O)NCC1(c2ccccc2)CCN(S(=O)(=O)N2CCC[C@@H]2C(N)=O)CC1. The van der Waals surface area contributed by atoms with Gasteiger partial charge in [-0.1, -0.05) is 42.5 Å². The van der Waals surface area contributed by atoms with Crippen LogP contribution in [0.25, 0.3) is 0 Å². The number of para-hydroxylation sites is 1. The molecule has 35 heavy (non-hydrogen) atoms. The van der Waals surface area contributed by atoms with Crippen LogP contribution in [0.15, 0.2) is 54.6 Å². The number of carbonyl (C=O) groups excluding carboxylic acids is 2. The lowest BCUT2D eigenvalue weighted by atomic mass is 9.73. The number of primary amides is 1. The number of ether oxygens (including phenoxy) is 1. The fourth-order valence-electron chi connectivity index (χ4n) is 5.13. The fraction of sp³-hybridized carbons (Fsp3) is 0.440. The number of carbonyl (C=O) groups is 2. The predicted molar refractivity (Wildman–Crippen MR) is 132 cm³/mol. The van der Waals surface area contributed by atoms with Crippen molar-refractivity contribution in [3.8, 4) is 5.75 Å². The summed E-state index contributed by atoms with van der Waals surface area (Å²) in [4.78, 5) is 24.8. The highest BCUT2D eigenvalue weighted by Crippen LogP contribution is 2.37. The Hall–Kier alpha value is -2.95. The maximum Gasteiger partial charge on any atom is 0.282 e. The van der Waals surface area contributed by atoms with Crippen LogP contribution in [-0.2, 0) is 20.4 Å². The van der Waals surface area contributed by atoms with Crippen LogP contribution in [0.2, 0.25) is 0 Å². The van der Waals surface area contributed by atoms with E-state index in [1.54, 1.807) is 24.3 Å². The molecule has 0 bridgehead atoms. The minimum Gasteiger partial charge on any atom is -0.496 e. The highest BCUT2D eigenvalue weighted by molar-refractivity contribution is 7.86. The molecule has 4 rings (SSSR count). The zero-order valence-corrected chi connectivity index (χ0v) is 20.7. The summed E-state index contributed by atoms with van der Waals surface area (Å²) in [7, 11) is -2.28. The van der Waals surface area contributed by atoms with Crippen molar-refractivity contribution >= 4 is 22.0 Å². The molecule has 2 aliphatic rings. The molecule has 2 fully saturated rings. The van der Waals surface area contributed by atoms with Crippen molar-refractivity contribution < 1.29 is 22.7 Å². The summed E-state index contributed by atoms with van der Waals surface area (Å²) in [5.74, 6) is -0.357. The second kappa shape index (κ2) is 10.3. The quantitative estimate of drug-likeness (QED) is 0.571. The highest BCUT2D eigenvalue weighted by atomic mass is 32.2. The number of amides is 2. The van der Waals surface area contributed by atoms with Gasteiger partial charge in [-0.2, -0.15) is 17.0 Å². The van der Waals surface area contributed by atoms with E-state index in [2.05, 4.69) is 5.32 Å². The zero-order valence-electron chi connectivity index (χ0n) is 19.9. The van der Waals surface area contributed by atoms with Crippen LogP contribution in [-0.4, -0.2) is 68.2 Å². The van der Waals surface area contributed by atoms with Crippen molar-refractivity contribution in [1.82, 2.24) is 13.9 Å². The Labute approximate surface area is 206 Å². The second-order valence-electron chi connectivity index (χ2n) is 9.11. The molecule has 2 aliphatic heterocycles. The number of benzene rings is 2. The predicted octanol–water partition coefficient (Wildman–Crippen LogP) is 1.65. The van der Waals surface area contributed by atoms with E-state index in [1.807, 2.05) is 30.3 Å². The molecule has 0 spiro atoms. The van der Waals surface area contributed by atoms with Gasteiger partial charge >= 0.3 is 0 Å². The van der Waals surface area contributed by atoms with E-state index < -0.39 is 27.6 Å². The number of hydrogen-bond donors (Lipinski definition) is 2. The van der Waals surface area contributed by atoms with Crippen LogP contribution in [0.1, 0.15) is 41.6 Å². The monoisotopic (exact) mass is 500 g/mol. The third-order valence-corrected chi connectivity index (χ3v) is 9.21. The Bertz CT molecular complexity index is 1160. The van der Waals surface area contributed by atoms with E-state index in [9.17, 15) is 18.0 Å². The van der Waals surface area contributed by atoms with Crippen LogP contribution in [0.3, 0.4) is 0 Å². The first-order chi connectivity index (χ1) is 16.8. The fourth-order valence-corrected chi connectivity index (χ4v) is 6.96. The molecule has 1 atom stereocenters. The molecule has 2 heterocycles. The van der Waals surface area contributed by atoms with Gasteiger partial charge in [-0.25, -0.2) is 0 Å². The molecule has 2 aromatic carbocycles. The molecule has 2 amide bonds. The minimum absolute atomic E-state index is 0.242. The van der Waals surface area contributed by atoms with Crippen molar-refractivity contribution in [3.63, 3.8) is 0 Å². The molecule has 0 saturated carbocycles. The summed E-state index contributed by atoms with van der Waals surface area (Å²) in [6.07, 6.45) is 2.12. The maximum absolute atomic E-state index is 13.3. The normalized spacial score (nSPS) is 20.9. The first kappa shape index (κ1) is 25.2. The zero-order chi connectivity index (χ0) is 25.1. The molecule has 2 aromatic rings. The van der Waals surface area contributed by atoms with Gasteiger partial charge in [0.25, 0.3) is 16.1 Å². The average Bonchev–Trinajstić information content (AvgIpc) is 3.40. The average molecular weight is 501 g/mol. The summed E-state index contributed by atoms with van der Waals surface area (Å²) in [5, 5.41) is 3.05. The first-order valence-corrected chi connectivity index (χ1v) is 13.2. The van der Waals surface area contributed by atoms with Gasteiger partial charge in [-0.15, -0.1) is 0 Å². The van der Waals surface area contributed by atoms with E-state index >= 15 is 0 Å². The summed E-state index contributed by atoms with van der Waals surface area (Å²) < 4.78 is 34.7. The Morgan fingerprint density at radius 2 is 1.71 bits per heavy atom. The molecule has 0 unspecified atom stereocenters. The van der Waals surface area contributed by atoms with Gasteiger partial charge in [0, 0.05) is 31.6 Å². The number of hydrogen-bond acceptors (Lipinski definition) is 5. The maximum atomic E-state index is 13.3. The van der Waals surface area contributed by atoms with Crippen molar-refractivity contribution in [2.45, 2.75) is 37.1 Å². The van der Waals surface area contributed by atoms with Crippen LogP contribution in [0, 0.1) is 0 Å². The highest BCUT2D eigenvalue weighted by Gasteiger charge is 2.45. The van der Waals surface area contributed by atoms with Crippen LogP contribution in [0.5, 0.6) is 5.75 Å². The van der Waals surface area contributed by atoms with E-state index in [0.717, 1.165) is 5.56 Å². The molecule has 10 heteroatoms. The third kappa shape index (κ3) is 5.05. The van der Waals surface area contributed by atoms with Gasteiger partial charge in [-0.05, 0) is 43.4 Å². The Morgan fingerprint density at radius 1 is 1.06 bits per heavy atom. The minimum atomic E-state index is -3.81. The number of piperidine rings is 1. The lowest BCUT2D eigenvalue weighted by molar-refractivity contribution is -0.121. The van der Waals surface area contributed by atoms with Gasteiger partial charge in [0.1, 0.15) is 11.8 Å². The summed E-state index contributed by atoms with van der Waals surface area (Å²) in [6, 6.07) is 16.1. The van der Waals surface area contributed by atoms with Gasteiger partial charge in [0.15, 0.2) is 0 Å². The third-order valence-electron chi connectivity index (χ3n) is 7.16. The smallest absolute Gasteiger partial charge is 0.282 e. The number of nitrogens with one attached hydrogen (secondary N) is 1. The molecule has 0 aromatic heterocycles. The lowest BCUT2D eigenvalue weighted by Gasteiger charge is -2.43. The van der Waals surface area contributed by atoms with E-state index in [-0.39, 0.29) is 19.0 Å². The van der Waals surface area contributed by atoms with E-state index in [0.29, 0.717) is 50.1 Å². The second-order valence-corrected chi connectivity index (χ2v) is 11.0. The van der Waals surface area contributed by atoms with Crippen LogP contribution < -0.4 is 15.8 Å². The number of methoxy groups -OCH3 is 1. The standard InChI is InChI=1S/C25H32N4O5S/c1-34-22-12-6-5-10-20(22)24(31)27-18-25(19-8-3-2-4-9-19)13-16-28(17-14-25)35(32,33)29-15-7-11-21(29)23(26)30/h2-6,8-10,12,21H,7,11,13-18H2,1H3,(H2,26,30)(H,27,31)/t21-/m1/s1. The number of nitrogens with two attached hydrogens (primary N) is 1. The van der Waals surface area contributed by atoms with Gasteiger partial charge < -0.3 is 15.8 Å². The van der Waals surface area contributed by atoms with Gasteiger partial charge in [0.2, 0.25) is 5.91 Å². The van der Waals surface area contributed by atoms with Crippen LogP contribution in [0.4, 0.5) is 0 Å². The van der Waals surface area contributed by atoms with Crippen molar-refractivity contribution in [2.24, 2.45) is 5.73 Å². The molecule has 0 radical (unpaired) electrons. The molecule has 188 valence electrons. The summed E-state index contributed by atoms with van der Waals surface area (Å²) >= 11 is 0. The molecule has 2 saturated heterocycles.